The highest BCUT2D eigenvalue weighted by Gasteiger charge is 2.20. The number of halogens is 1. The van der Waals surface area contributed by atoms with Crippen LogP contribution in [0.3, 0.4) is 0 Å². The molecule has 0 unspecified atom stereocenters. The lowest BCUT2D eigenvalue weighted by Crippen LogP contribution is -2.30. The molecule has 1 saturated heterocycles. The highest BCUT2D eigenvalue weighted by molar-refractivity contribution is 5.27. The van der Waals surface area contributed by atoms with Gasteiger partial charge >= 0.3 is 0 Å². The summed E-state index contributed by atoms with van der Waals surface area (Å²) in [7, 11) is 2.15. The summed E-state index contributed by atoms with van der Waals surface area (Å²) in [6.07, 6.45) is 1.42. The van der Waals surface area contributed by atoms with Crippen molar-refractivity contribution in [1.82, 2.24) is 4.90 Å². The molecule has 0 spiro atoms. The van der Waals surface area contributed by atoms with Gasteiger partial charge in [-0.05, 0) is 50.0 Å². The first kappa shape index (κ1) is 14.4. The average Bonchev–Trinajstić information content (AvgIpc) is 2.46. The first-order valence-corrected chi connectivity index (χ1v) is 6.90. The average molecular weight is 266 g/mol. The summed E-state index contributed by atoms with van der Waals surface area (Å²) in [5.74, 6) is 0.595. The van der Waals surface area contributed by atoms with Gasteiger partial charge in [0.05, 0.1) is 12.1 Å². The summed E-state index contributed by atoms with van der Waals surface area (Å²) >= 11 is 0. The number of likely N-dealkylation sites (tertiary alicyclic amines) is 1. The molecule has 4 heteroatoms. The van der Waals surface area contributed by atoms with Crippen molar-refractivity contribution in [3.8, 4) is 0 Å². The van der Waals surface area contributed by atoms with Gasteiger partial charge in [-0.15, -0.1) is 0 Å². The number of aliphatic hydroxyl groups excluding tert-OH is 1. The molecule has 1 aromatic rings. The Morgan fingerprint density at radius 3 is 2.42 bits per heavy atom. The molecule has 3 N–H and O–H groups in total. The zero-order valence-corrected chi connectivity index (χ0v) is 11.4. The maximum Gasteiger partial charge on any atom is 0.107 e. The lowest BCUT2D eigenvalue weighted by atomic mass is 9.88. The zero-order chi connectivity index (χ0) is 13.8. The number of rotatable bonds is 4. The quantitative estimate of drug-likeness (QED) is 0.874. The molecule has 1 heterocycles. The van der Waals surface area contributed by atoms with Gasteiger partial charge in [-0.1, -0.05) is 24.3 Å². The van der Waals surface area contributed by atoms with Crippen LogP contribution in [0.1, 0.15) is 36.0 Å². The van der Waals surface area contributed by atoms with Crippen molar-refractivity contribution in [3.63, 3.8) is 0 Å². The van der Waals surface area contributed by atoms with Crippen LogP contribution in [0.15, 0.2) is 24.3 Å². The molecule has 1 aromatic carbocycles. The van der Waals surface area contributed by atoms with Gasteiger partial charge in [-0.25, -0.2) is 4.39 Å². The van der Waals surface area contributed by atoms with Crippen molar-refractivity contribution in [2.75, 3.05) is 26.8 Å². The van der Waals surface area contributed by atoms with Crippen LogP contribution >= 0.6 is 0 Å². The fourth-order valence-corrected chi connectivity index (χ4v) is 2.64. The summed E-state index contributed by atoms with van der Waals surface area (Å²) in [5.41, 5.74) is 7.51. The predicted octanol–water partition coefficient (Wildman–Crippen LogP) is 1.83. The minimum atomic E-state index is -0.920. The standard InChI is InChI=1S/C15H23FN2O/c1-18-8-6-12(7-9-18)11-2-4-13(5-3-11)15(19)14(17)10-16/h2-5,12,14-15,19H,6-10,17H2,1H3/t14-,15-/m1/s1. The van der Waals surface area contributed by atoms with Crippen LogP contribution in [0, 0.1) is 0 Å². The Morgan fingerprint density at radius 1 is 1.32 bits per heavy atom. The first-order chi connectivity index (χ1) is 9.11. The molecule has 1 aliphatic heterocycles. The number of aliphatic hydroxyl groups is 1. The third kappa shape index (κ3) is 3.53. The zero-order valence-electron chi connectivity index (χ0n) is 11.4. The normalized spacial score (nSPS) is 21.3. The molecular formula is C15H23FN2O. The van der Waals surface area contributed by atoms with Gasteiger partial charge in [-0.3, -0.25) is 0 Å². The lowest BCUT2D eigenvalue weighted by Gasteiger charge is -2.29. The molecule has 0 radical (unpaired) electrons. The summed E-state index contributed by atoms with van der Waals surface area (Å²) in [6, 6.07) is 6.98. The van der Waals surface area contributed by atoms with Crippen molar-refractivity contribution in [2.24, 2.45) is 5.73 Å². The van der Waals surface area contributed by atoms with Crippen LogP contribution in [0.2, 0.25) is 0 Å². The Kier molecular flexibility index (Phi) is 4.91. The number of hydrogen-bond acceptors (Lipinski definition) is 3. The highest BCUT2D eigenvalue weighted by Crippen LogP contribution is 2.28. The predicted molar refractivity (Wildman–Crippen MR) is 74.8 cm³/mol. The van der Waals surface area contributed by atoms with Gasteiger partial charge in [0.1, 0.15) is 6.67 Å². The molecule has 106 valence electrons. The fraction of sp³-hybridized carbons (Fsp3) is 0.600. The Balaban J connectivity index is 2.02. The van der Waals surface area contributed by atoms with E-state index in [4.69, 9.17) is 5.73 Å². The van der Waals surface area contributed by atoms with Crippen molar-refractivity contribution in [2.45, 2.75) is 30.9 Å². The fourth-order valence-electron chi connectivity index (χ4n) is 2.64. The number of benzene rings is 1. The molecule has 19 heavy (non-hydrogen) atoms. The maximum atomic E-state index is 12.4. The molecule has 2 atom stereocenters. The van der Waals surface area contributed by atoms with E-state index in [2.05, 4.69) is 11.9 Å². The summed E-state index contributed by atoms with van der Waals surface area (Å²) < 4.78 is 12.4. The second kappa shape index (κ2) is 6.46. The molecular weight excluding hydrogens is 243 g/mol. The third-order valence-electron chi connectivity index (χ3n) is 4.05. The van der Waals surface area contributed by atoms with Crippen molar-refractivity contribution < 1.29 is 9.50 Å². The van der Waals surface area contributed by atoms with Crippen molar-refractivity contribution >= 4 is 0 Å². The van der Waals surface area contributed by atoms with Crippen LogP contribution in [0.25, 0.3) is 0 Å². The monoisotopic (exact) mass is 266 g/mol. The lowest BCUT2D eigenvalue weighted by molar-refractivity contribution is 0.132. The summed E-state index contributed by atoms with van der Waals surface area (Å²) in [4.78, 5) is 2.34. The van der Waals surface area contributed by atoms with E-state index >= 15 is 0 Å². The Morgan fingerprint density at radius 2 is 1.89 bits per heavy atom. The minimum absolute atomic E-state index is 0.595. The van der Waals surface area contributed by atoms with Crippen molar-refractivity contribution in [3.05, 3.63) is 35.4 Å². The van der Waals surface area contributed by atoms with E-state index in [9.17, 15) is 9.50 Å². The largest absolute Gasteiger partial charge is 0.387 e. The second-order valence-electron chi connectivity index (χ2n) is 5.51. The van der Waals surface area contributed by atoms with Crippen LogP contribution < -0.4 is 5.73 Å². The molecule has 0 saturated carbocycles. The van der Waals surface area contributed by atoms with E-state index in [1.807, 2.05) is 24.3 Å². The van der Waals surface area contributed by atoms with E-state index in [1.165, 1.54) is 18.4 Å². The van der Waals surface area contributed by atoms with Crippen LogP contribution in [-0.4, -0.2) is 42.9 Å². The van der Waals surface area contributed by atoms with Gasteiger partial charge in [0.25, 0.3) is 0 Å². The molecule has 0 amide bonds. The van der Waals surface area contributed by atoms with E-state index in [-0.39, 0.29) is 0 Å². The Hall–Kier alpha value is -0.970. The smallest absolute Gasteiger partial charge is 0.107 e. The highest BCUT2D eigenvalue weighted by atomic mass is 19.1. The molecule has 0 aromatic heterocycles. The van der Waals surface area contributed by atoms with E-state index < -0.39 is 18.8 Å². The number of nitrogens with two attached hydrogens (primary N) is 1. The van der Waals surface area contributed by atoms with Crippen LogP contribution in [0.5, 0.6) is 0 Å². The Labute approximate surface area is 114 Å². The van der Waals surface area contributed by atoms with Gasteiger partial charge in [0.2, 0.25) is 0 Å². The SMILES string of the molecule is CN1CCC(c2ccc([C@@H](O)[C@H](N)CF)cc2)CC1. The third-order valence-corrected chi connectivity index (χ3v) is 4.05. The van der Waals surface area contributed by atoms with Crippen LogP contribution in [0.4, 0.5) is 4.39 Å². The number of nitrogens with zero attached hydrogens (tertiary/aromatic N) is 1. The number of piperidine rings is 1. The number of hydrogen-bond donors (Lipinski definition) is 2. The van der Waals surface area contributed by atoms with Gasteiger partial charge in [0, 0.05) is 0 Å². The van der Waals surface area contributed by atoms with E-state index in [1.54, 1.807) is 0 Å². The molecule has 1 fully saturated rings. The molecule has 1 aliphatic rings. The van der Waals surface area contributed by atoms with Gasteiger partial charge in [0.15, 0.2) is 0 Å². The molecule has 3 nitrogen and oxygen atoms in total. The number of alkyl halides is 1. The van der Waals surface area contributed by atoms with E-state index in [0.29, 0.717) is 11.5 Å². The maximum absolute atomic E-state index is 12.4. The van der Waals surface area contributed by atoms with Crippen LogP contribution in [-0.2, 0) is 0 Å². The molecule has 2 rings (SSSR count). The Bertz CT molecular complexity index is 388. The summed E-state index contributed by atoms with van der Waals surface area (Å²) in [6.45, 7) is 1.54. The molecule has 0 aliphatic carbocycles. The second-order valence-corrected chi connectivity index (χ2v) is 5.51. The van der Waals surface area contributed by atoms with E-state index in [0.717, 1.165) is 13.1 Å². The minimum Gasteiger partial charge on any atom is -0.387 e. The van der Waals surface area contributed by atoms with Crippen molar-refractivity contribution in [1.29, 1.82) is 0 Å². The van der Waals surface area contributed by atoms with Gasteiger partial charge < -0.3 is 15.7 Å². The molecule has 0 bridgehead atoms. The first-order valence-electron chi connectivity index (χ1n) is 6.90. The topological polar surface area (TPSA) is 49.5 Å². The van der Waals surface area contributed by atoms with Gasteiger partial charge in [-0.2, -0.15) is 0 Å². The summed E-state index contributed by atoms with van der Waals surface area (Å²) in [5, 5.41) is 9.85.